The molecule has 0 rings (SSSR count). The molecule has 6 heteroatoms. The fraction of sp³-hybridized carbons (Fsp3) is 0.841. The van der Waals surface area contributed by atoms with E-state index in [1.807, 2.05) is 0 Å². The van der Waals surface area contributed by atoms with Crippen LogP contribution < -0.4 is 0 Å². The van der Waals surface area contributed by atoms with Crippen molar-refractivity contribution in [1.29, 1.82) is 0 Å². The molecule has 1 atom stereocenters. The van der Waals surface area contributed by atoms with E-state index in [0.717, 1.165) is 89.9 Å². The van der Waals surface area contributed by atoms with Gasteiger partial charge in [-0.2, -0.15) is 0 Å². The molecule has 0 N–H and O–H groups in total. The summed E-state index contributed by atoms with van der Waals surface area (Å²) in [6.07, 6.45) is 79.9. The van der Waals surface area contributed by atoms with E-state index in [1.165, 1.54) is 225 Å². The van der Waals surface area contributed by atoms with Crippen LogP contribution in [0.25, 0.3) is 0 Å². The Balaban J connectivity index is 4.21. The van der Waals surface area contributed by atoms with Gasteiger partial charge in [0.05, 0.1) is 0 Å². The van der Waals surface area contributed by atoms with Crippen molar-refractivity contribution in [2.24, 2.45) is 0 Å². The Morgan fingerprint density at radius 1 is 0.280 bits per heavy atom. The Morgan fingerprint density at radius 2 is 0.520 bits per heavy atom. The molecular formula is C69H126O6. The highest BCUT2D eigenvalue weighted by molar-refractivity contribution is 5.71. The quantitative estimate of drug-likeness (QED) is 0.0261. The normalized spacial score (nSPS) is 12.3. The second-order valence-corrected chi connectivity index (χ2v) is 22.4. The van der Waals surface area contributed by atoms with Gasteiger partial charge in [-0.3, -0.25) is 14.4 Å². The summed E-state index contributed by atoms with van der Waals surface area (Å²) < 4.78 is 16.9. The molecule has 0 saturated carbocycles. The van der Waals surface area contributed by atoms with E-state index in [1.54, 1.807) is 0 Å². The number of rotatable bonds is 61. The van der Waals surface area contributed by atoms with E-state index in [0.29, 0.717) is 19.3 Å². The maximum Gasteiger partial charge on any atom is 0.306 e. The first-order valence-electron chi connectivity index (χ1n) is 33.1. The molecule has 438 valence electrons. The standard InChI is InChI=1S/C69H126O6/c1-4-7-10-13-16-19-22-25-27-29-30-31-32-33-34-35-36-37-38-40-41-44-47-50-53-56-59-62-68(71)74-65-66(64-73-67(70)61-58-55-52-49-46-43-24-21-18-15-12-9-6-3)75-69(72)63-60-57-54-51-48-45-42-39-28-26-23-20-17-14-11-8-5-2/h8,11,17,20-21,24,26,28,66H,4-7,9-10,12-16,18-19,22-23,25,27,29-65H2,1-3H3/b11-8-,20-17-,24-21-,28-26-. The minimum absolute atomic E-state index is 0.0763. The number of unbranched alkanes of at least 4 members (excludes halogenated alkanes) is 42. The minimum Gasteiger partial charge on any atom is -0.462 e. The zero-order chi connectivity index (χ0) is 54.3. The summed E-state index contributed by atoms with van der Waals surface area (Å²) in [5.41, 5.74) is 0. The van der Waals surface area contributed by atoms with Crippen LogP contribution in [-0.2, 0) is 28.6 Å². The number of hydrogen-bond acceptors (Lipinski definition) is 6. The van der Waals surface area contributed by atoms with Gasteiger partial charge >= 0.3 is 17.9 Å². The van der Waals surface area contributed by atoms with E-state index < -0.39 is 6.10 Å². The summed E-state index contributed by atoms with van der Waals surface area (Å²) in [4.78, 5) is 38.3. The van der Waals surface area contributed by atoms with Gasteiger partial charge in [0, 0.05) is 19.3 Å². The number of carbonyl (C=O) groups excluding carboxylic acids is 3. The van der Waals surface area contributed by atoms with Gasteiger partial charge in [-0.1, -0.05) is 307 Å². The molecule has 0 saturated heterocycles. The summed E-state index contributed by atoms with van der Waals surface area (Å²) in [5, 5.41) is 0. The van der Waals surface area contributed by atoms with E-state index in [4.69, 9.17) is 14.2 Å². The largest absolute Gasteiger partial charge is 0.462 e. The molecular weight excluding hydrogens is 925 g/mol. The van der Waals surface area contributed by atoms with E-state index in [2.05, 4.69) is 69.4 Å². The van der Waals surface area contributed by atoms with E-state index in [9.17, 15) is 14.4 Å². The highest BCUT2D eigenvalue weighted by Crippen LogP contribution is 2.18. The minimum atomic E-state index is -0.781. The van der Waals surface area contributed by atoms with E-state index >= 15 is 0 Å². The van der Waals surface area contributed by atoms with Gasteiger partial charge < -0.3 is 14.2 Å². The van der Waals surface area contributed by atoms with Crippen molar-refractivity contribution >= 4 is 17.9 Å². The van der Waals surface area contributed by atoms with Gasteiger partial charge in [-0.15, -0.1) is 0 Å². The summed E-state index contributed by atoms with van der Waals surface area (Å²) in [7, 11) is 0. The van der Waals surface area contributed by atoms with Gasteiger partial charge in [0.15, 0.2) is 6.10 Å². The molecule has 0 amide bonds. The van der Waals surface area contributed by atoms with Gasteiger partial charge in [-0.25, -0.2) is 0 Å². The van der Waals surface area contributed by atoms with Gasteiger partial charge in [-0.05, 0) is 77.0 Å². The first-order valence-corrected chi connectivity index (χ1v) is 33.1. The molecule has 0 aliphatic carbocycles. The fourth-order valence-corrected chi connectivity index (χ4v) is 9.87. The number of esters is 3. The molecule has 0 aromatic rings. The molecule has 6 nitrogen and oxygen atoms in total. The molecule has 0 aromatic carbocycles. The van der Waals surface area contributed by atoms with Gasteiger partial charge in [0.2, 0.25) is 0 Å². The zero-order valence-corrected chi connectivity index (χ0v) is 50.3. The third-order valence-electron chi connectivity index (χ3n) is 14.8. The van der Waals surface area contributed by atoms with Crippen LogP contribution in [0.1, 0.15) is 355 Å². The Kier molecular flexibility index (Phi) is 61.7. The van der Waals surface area contributed by atoms with Crippen molar-refractivity contribution in [1.82, 2.24) is 0 Å². The van der Waals surface area contributed by atoms with Crippen molar-refractivity contribution in [3.8, 4) is 0 Å². The number of carbonyl (C=O) groups is 3. The Hall–Kier alpha value is -2.63. The summed E-state index contributed by atoms with van der Waals surface area (Å²) in [5.74, 6) is -0.875. The van der Waals surface area contributed by atoms with Crippen molar-refractivity contribution in [2.75, 3.05) is 13.2 Å². The average Bonchev–Trinajstić information content (AvgIpc) is 3.41. The van der Waals surface area contributed by atoms with E-state index in [-0.39, 0.29) is 31.1 Å². The lowest BCUT2D eigenvalue weighted by molar-refractivity contribution is -0.167. The first kappa shape index (κ1) is 72.4. The monoisotopic (exact) mass is 1050 g/mol. The number of allylic oxidation sites excluding steroid dienone is 8. The molecule has 75 heavy (non-hydrogen) atoms. The second-order valence-electron chi connectivity index (χ2n) is 22.4. The van der Waals surface area contributed by atoms with Crippen molar-refractivity contribution in [2.45, 2.75) is 361 Å². The van der Waals surface area contributed by atoms with Crippen LogP contribution in [-0.4, -0.2) is 37.2 Å². The van der Waals surface area contributed by atoms with Crippen LogP contribution >= 0.6 is 0 Å². The lowest BCUT2D eigenvalue weighted by Gasteiger charge is -2.18. The molecule has 0 spiro atoms. The van der Waals surface area contributed by atoms with Crippen LogP contribution in [0.3, 0.4) is 0 Å². The number of hydrogen-bond donors (Lipinski definition) is 0. The molecule has 1 unspecified atom stereocenters. The highest BCUT2D eigenvalue weighted by atomic mass is 16.6. The maximum atomic E-state index is 12.9. The fourth-order valence-electron chi connectivity index (χ4n) is 9.87. The predicted molar refractivity (Wildman–Crippen MR) is 325 cm³/mol. The van der Waals surface area contributed by atoms with Crippen molar-refractivity contribution in [3.63, 3.8) is 0 Å². The van der Waals surface area contributed by atoms with Gasteiger partial charge in [0.1, 0.15) is 13.2 Å². The lowest BCUT2D eigenvalue weighted by Crippen LogP contribution is -2.30. The lowest BCUT2D eigenvalue weighted by atomic mass is 10.0. The molecule has 0 bridgehead atoms. The zero-order valence-electron chi connectivity index (χ0n) is 50.3. The smallest absolute Gasteiger partial charge is 0.306 e. The molecule has 0 aromatic heterocycles. The Labute approximate surface area is 467 Å². The first-order chi connectivity index (χ1) is 37.0. The van der Waals surface area contributed by atoms with Crippen LogP contribution in [0.5, 0.6) is 0 Å². The Morgan fingerprint density at radius 3 is 0.840 bits per heavy atom. The summed E-state index contributed by atoms with van der Waals surface area (Å²) >= 11 is 0. The maximum absolute atomic E-state index is 12.9. The summed E-state index contributed by atoms with van der Waals surface area (Å²) in [6.45, 7) is 6.55. The molecule has 0 aliphatic rings. The van der Waals surface area contributed by atoms with Crippen LogP contribution in [0.15, 0.2) is 48.6 Å². The third-order valence-corrected chi connectivity index (χ3v) is 14.8. The number of ether oxygens (including phenoxy) is 3. The Bertz CT molecular complexity index is 1300. The SMILES string of the molecule is CC/C=C\C/C=C\C/C=C\CCCCCCCCCC(=O)OC(COC(=O)CCCCCCC/C=C\CCCCCC)COC(=O)CCCCCCCCCCCCCCCCCCCCCCCCCCCCC. The molecule has 0 heterocycles. The summed E-state index contributed by atoms with van der Waals surface area (Å²) in [6, 6.07) is 0. The second kappa shape index (κ2) is 63.9. The van der Waals surface area contributed by atoms with Crippen molar-refractivity contribution < 1.29 is 28.6 Å². The highest BCUT2D eigenvalue weighted by Gasteiger charge is 2.19. The molecule has 0 radical (unpaired) electrons. The molecule has 0 fully saturated rings. The van der Waals surface area contributed by atoms with Gasteiger partial charge in [0.25, 0.3) is 0 Å². The van der Waals surface area contributed by atoms with Crippen molar-refractivity contribution in [3.05, 3.63) is 48.6 Å². The topological polar surface area (TPSA) is 78.9 Å². The third kappa shape index (κ3) is 62.1. The molecule has 0 aliphatic heterocycles. The average molecular weight is 1050 g/mol. The van der Waals surface area contributed by atoms with Crippen LogP contribution in [0, 0.1) is 0 Å². The van der Waals surface area contributed by atoms with Crippen LogP contribution in [0.4, 0.5) is 0 Å². The predicted octanol–water partition coefficient (Wildman–Crippen LogP) is 22.6. The van der Waals surface area contributed by atoms with Crippen LogP contribution in [0.2, 0.25) is 0 Å².